The molecule has 130 valence electrons. The first-order chi connectivity index (χ1) is 11.3. The Balaban J connectivity index is 2.00. The Morgan fingerprint density at radius 2 is 2.08 bits per heavy atom. The van der Waals surface area contributed by atoms with Gasteiger partial charge in [-0.25, -0.2) is 17.5 Å². The molecule has 1 saturated heterocycles. The molecular formula is C15H16F3N3O2S. The summed E-state index contributed by atoms with van der Waals surface area (Å²) in [7, 11) is -4.00. The standard InChI is InChI=1S/C15H16F3N3O2S/c1-10-14(9-19-21(10)15(17)18)24(22,23)20-7-3-6-13(20)11-4-2-5-12(16)8-11/h2,4-5,8-9,13,15H,3,6-7H2,1H3/t13-/m1/s1. The van der Waals surface area contributed by atoms with Crippen molar-refractivity contribution in [1.82, 2.24) is 14.1 Å². The quantitative estimate of drug-likeness (QED) is 0.842. The van der Waals surface area contributed by atoms with Crippen LogP contribution in [0.5, 0.6) is 0 Å². The van der Waals surface area contributed by atoms with E-state index in [0.717, 1.165) is 6.20 Å². The molecule has 0 amide bonds. The Morgan fingerprint density at radius 1 is 1.33 bits per heavy atom. The van der Waals surface area contributed by atoms with Gasteiger partial charge in [0.1, 0.15) is 10.7 Å². The maximum absolute atomic E-state index is 13.5. The Bertz CT molecular complexity index is 851. The highest BCUT2D eigenvalue weighted by molar-refractivity contribution is 7.89. The van der Waals surface area contributed by atoms with E-state index in [2.05, 4.69) is 5.10 Å². The second-order valence-corrected chi connectivity index (χ2v) is 7.50. The fourth-order valence-corrected chi connectivity index (χ4v) is 4.89. The van der Waals surface area contributed by atoms with Crippen molar-refractivity contribution in [3.05, 3.63) is 47.5 Å². The molecule has 1 aromatic carbocycles. The van der Waals surface area contributed by atoms with Crippen LogP contribution in [0.2, 0.25) is 0 Å². The van der Waals surface area contributed by atoms with Gasteiger partial charge in [-0.2, -0.15) is 18.2 Å². The van der Waals surface area contributed by atoms with Crippen LogP contribution in [-0.2, 0) is 10.0 Å². The Labute approximate surface area is 137 Å². The Kier molecular flexibility index (Phi) is 4.39. The largest absolute Gasteiger partial charge is 0.333 e. The summed E-state index contributed by atoms with van der Waals surface area (Å²) in [4.78, 5) is -0.244. The van der Waals surface area contributed by atoms with Crippen LogP contribution in [0.25, 0.3) is 0 Å². The van der Waals surface area contributed by atoms with E-state index in [1.54, 1.807) is 6.07 Å². The van der Waals surface area contributed by atoms with Gasteiger partial charge in [0.05, 0.1) is 17.9 Å². The molecule has 0 radical (unpaired) electrons. The minimum absolute atomic E-state index is 0.116. The minimum atomic E-state index is -4.00. The van der Waals surface area contributed by atoms with E-state index in [9.17, 15) is 21.6 Å². The number of hydrogen-bond donors (Lipinski definition) is 0. The third kappa shape index (κ3) is 2.82. The highest BCUT2D eigenvalue weighted by Crippen LogP contribution is 2.37. The summed E-state index contributed by atoms with van der Waals surface area (Å²) in [6.07, 6.45) is 2.10. The third-order valence-corrected chi connectivity index (χ3v) is 6.22. The molecule has 24 heavy (non-hydrogen) atoms. The average molecular weight is 359 g/mol. The highest BCUT2D eigenvalue weighted by atomic mass is 32.2. The highest BCUT2D eigenvalue weighted by Gasteiger charge is 2.38. The lowest BCUT2D eigenvalue weighted by atomic mass is 10.1. The second kappa shape index (κ2) is 6.21. The number of halogens is 3. The molecule has 0 unspecified atom stereocenters. The number of alkyl halides is 2. The summed E-state index contributed by atoms with van der Waals surface area (Å²) in [5.74, 6) is -0.446. The van der Waals surface area contributed by atoms with Gasteiger partial charge in [-0.15, -0.1) is 0 Å². The molecule has 1 aliphatic heterocycles. The van der Waals surface area contributed by atoms with E-state index in [0.29, 0.717) is 23.1 Å². The van der Waals surface area contributed by atoms with Crippen LogP contribution < -0.4 is 0 Å². The van der Waals surface area contributed by atoms with Crippen molar-refractivity contribution in [2.75, 3.05) is 6.54 Å². The number of benzene rings is 1. The molecule has 9 heteroatoms. The molecule has 0 N–H and O–H groups in total. The molecule has 1 aliphatic rings. The summed E-state index contributed by atoms with van der Waals surface area (Å²) in [6.45, 7) is -1.37. The fourth-order valence-electron chi connectivity index (χ4n) is 3.06. The van der Waals surface area contributed by atoms with Crippen molar-refractivity contribution in [3.8, 4) is 0 Å². The van der Waals surface area contributed by atoms with Gasteiger partial charge < -0.3 is 0 Å². The molecule has 2 heterocycles. The fraction of sp³-hybridized carbons (Fsp3) is 0.400. The Morgan fingerprint density at radius 3 is 2.71 bits per heavy atom. The van der Waals surface area contributed by atoms with Crippen LogP contribution in [0.4, 0.5) is 13.2 Å². The van der Waals surface area contributed by atoms with Crippen LogP contribution >= 0.6 is 0 Å². The van der Waals surface area contributed by atoms with Gasteiger partial charge >= 0.3 is 6.55 Å². The summed E-state index contributed by atoms with van der Waals surface area (Å²) in [6, 6.07) is 5.26. The third-order valence-electron chi connectivity index (χ3n) is 4.21. The zero-order valence-electron chi connectivity index (χ0n) is 12.9. The normalized spacial score (nSPS) is 19.3. The number of rotatable bonds is 4. The first kappa shape index (κ1) is 17.0. The van der Waals surface area contributed by atoms with Crippen molar-refractivity contribution in [2.45, 2.75) is 37.3 Å². The summed E-state index contributed by atoms with van der Waals surface area (Å²) in [5.41, 5.74) is 0.435. The summed E-state index contributed by atoms with van der Waals surface area (Å²) >= 11 is 0. The molecule has 1 aromatic heterocycles. The summed E-state index contributed by atoms with van der Waals surface area (Å²) in [5, 5.41) is 3.47. The van der Waals surface area contributed by atoms with Crippen LogP contribution in [0.15, 0.2) is 35.4 Å². The van der Waals surface area contributed by atoms with Gasteiger partial charge in [-0.1, -0.05) is 12.1 Å². The van der Waals surface area contributed by atoms with E-state index in [1.807, 2.05) is 0 Å². The molecule has 0 saturated carbocycles. The van der Waals surface area contributed by atoms with Crippen LogP contribution in [0, 0.1) is 12.7 Å². The topological polar surface area (TPSA) is 55.2 Å². The van der Waals surface area contributed by atoms with Crippen molar-refractivity contribution >= 4 is 10.0 Å². The SMILES string of the molecule is Cc1c(S(=O)(=O)N2CCC[C@@H]2c2cccc(F)c2)cnn1C(F)F. The van der Waals surface area contributed by atoms with Gasteiger partial charge in [0.25, 0.3) is 0 Å². The average Bonchev–Trinajstić information content (AvgIpc) is 3.14. The number of hydrogen-bond acceptors (Lipinski definition) is 3. The molecule has 0 spiro atoms. The lowest BCUT2D eigenvalue weighted by molar-refractivity contribution is 0.0541. The van der Waals surface area contributed by atoms with Crippen LogP contribution in [-0.4, -0.2) is 29.0 Å². The number of sulfonamides is 1. The van der Waals surface area contributed by atoms with E-state index in [4.69, 9.17) is 0 Å². The lowest BCUT2D eigenvalue weighted by Gasteiger charge is -2.24. The van der Waals surface area contributed by atoms with Crippen LogP contribution in [0.1, 0.15) is 36.7 Å². The smallest absolute Gasteiger partial charge is 0.207 e. The van der Waals surface area contributed by atoms with E-state index in [1.165, 1.54) is 29.4 Å². The van der Waals surface area contributed by atoms with Crippen molar-refractivity contribution in [3.63, 3.8) is 0 Å². The molecule has 5 nitrogen and oxygen atoms in total. The molecule has 0 bridgehead atoms. The molecule has 1 atom stereocenters. The zero-order valence-corrected chi connectivity index (χ0v) is 13.7. The van der Waals surface area contributed by atoms with E-state index >= 15 is 0 Å². The predicted octanol–water partition coefficient (Wildman–Crippen LogP) is 3.25. The number of nitrogens with zero attached hydrogens (tertiary/aromatic N) is 3. The van der Waals surface area contributed by atoms with E-state index < -0.39 is 28.4 Å². The predicted molar refractivity (Wildman–Crippen MR) is 80.5 cm³/mol. The molecule has 1 fully saturated rings. The minimum Gasteiger partial charge on any atom is -0.207 e. The Hall–Kier alpha value is -1.87. The van der Waals surface area contributed by atoms with Gasteiger partial charge in [0, 0.05) is 6.54 Å². The van der Waals surface area contributed by atoms with Crippen molar-refractivity contribution in [2.24, 2.45) is 0 Å². The number of aromatic nitrogens is 2. The molecular weight excluding hydrogens is 343 g/mol. The van der Waals surface area contributed by atoms with E-state index in [-0.39, 0.29) is 17.1 Å². The maximum atomic E-state index is 13.5. The first-order valence-electron chi connectivity index (χ1n) is 7.42. The lowest BCUT2D eigenvalue weighted by Crippen LogP contribution is -2.31. The molecule has 2 aromatic rings. The first-order valence-corrected chi connectivity index (χ1v) is 8.86. The monoisotopic (exact) mass is 359 g/mol. The van der Waals surface area contributed by atoms with Gasteiger partial charge in [-0.3, -0.25) is 0 Å². The van der Waals surface area contributed by atoms with Gasteiger partial charge in [-0.05, 0) is 37.5 Å². The maximum Gasteiger partial charge on any atom is 0.333 e. The molecule has 0 aliphatic carbocycles. The molecule has 3 rings (SSSR count). The van der Waals surface area contributed by atoms with Crippen LogP contribution in [0.3, 0.4) is 0 Å². The van der Waals surface area contributed by atoms with Crippen molar-refractivity contribution < 1.29 is 21.6 Å². The second-order valence-electron chi connectivity index (χ2n) is 5.65. The zero-order chi connectivity index (χ0) is 17.5. The van der Waals surface area contributed by atoms with Gasteiger partial charge in [0.15, 0.2) is 0 Å². The van der Waals surface area contributed by atoms with Gasteiger partial charge in [0.2, 0.25) is 10.0 Å². The van der Waals surface area contributed by atoms with Crippen molar-refractivity contribution in [1.29, 1.82) is 0 Å². The summed E-state index contributed by atoms with van der Waals surface area (Å²) < 4.78 is 66.5.